The summed E-state index contributed by atoms with van der Waals surface area (Å²) in [6.45, 7) is 2.34. The molecule has 28 heavy (non-hydrogen) atoms. The number of nitrogens with zero attached hydrogens (tertiary/aromatic N) is 2. The van der Waals surface area contributed by atoms with Crippen molar-refractivity contribution < 1.29 is 19.2 Å². The number of carbonyl (C=O) groups excluding carboxylic acids is 2. The molecule has 0 bridgehead atoms. The van der Waals surface area contributed by atoms with Crippen molar-refractivity contribution >= 4 is 29.0 Å². The van der Waals surface area contributed by atoms with Crippen LogP contribution < -0.4 is 10.6 Å². The van der Waals surface area contributed by atoms with Gasteiger partial charge in [0.05, 0.1) is 18.0 Å². The molecule has 0 aliphatic carbocycles. The summed E-state index contributed by atoms with van der Waals surface area (Å²) in [5.41, 5.74) is 9.19. The number of esters is 1. The van der Waals surface area contributed by atoms with Crippen LogP contribution in [-0.2, 0) is 14.4 Å². The third-order valence-corrected chi connectivity index (χ3v) is 4.37. The number of amides is 1. The molecule has 2 aromatic carbocycles. The average molecular weight is 381 g/mol. The number of rotatable bonds is 5. The van der Waals surface area contributed by atoms with E-state index in [1.165, 1.54) is 0 Å². The lowest BCUT2D eigenvalue weighted by Crippen LogP contribution is -2.31. The fourth-order valence-corrected chi connectivity index (χ4v) is 3.07. The topological polar surface area (TPSA) is 94.2 Å². The van der Waals surface area contributed by atoms with Crippen molar-refractivity contribution in [1.29, 1.82) is 0 Å². The fraction of sp³-hybridized carbons (Fsp3) is 0.286. The summed E-state index contributed by atoms with van der Waals surface area (Å²) in [4.78, 5) is 31.4. The van der Waals surface area contributed by atoms with Crippen molar-refractivity contribution in [3.05, 3.63) is 59.7 Å². The minimum Gasteiger partial charge on any atom is -0.463 e. The summed E-state index contributed by atoms with van der Waals surface area (Å²) < 4.78 is 4.84. The van der Waals surface area contributed by atoms with Gasteiger partial charge in [0.25, 0.3) is 5.91 Å². The summed E-state index contributed by atoms with van der Waals surface area (Å²) in [7, 11) is 0. The summed E-state index contributed by atoms with van der Waals surface area (Å²) in [6.07, 6.45) is 1.35. The number of benzene rings is 2. The zero-order valence-corrected chi connectivity index (χ0v) is 15.8. The first-order valence-electron chi connectivity index (χ1n) is 9.21. The van der Waals surface area contributed by atoms with Gasteiger partial charge in [0.2, 0.25) is 6.61 Å². The zero-order valence-electron chi connectivity index (χ0n) is 15.8. The molecule has 1 aliphatic heterocycles. The molecule has 3 rings (SSSR count). The van der Waals surface area contributed by atoms with Gasteiger partial charge in [0, 0.05) is 23.4 Å². The van der Waals surface area contributed by atoms with Crippen molar-refractivity contribution in [3.8, 4) is 0 Å². The van der Waals surface area contributed by atoms with Crippen molar-refractivity contribution in [2.24, 2.45) is 5.16 Å². The molecule has 1 heterocycles. The molecule has 1 aliphatic rings. The maximum Gasteiger partial charge on any atom is 0.347 e. The van der Waals surface area contributed by atoms with E-state index >= 15 is 0 Å². The summed E-state index contributed by atoms with van der Waals surface area (Å²) in [5, 5.41) is 4.15. The van der Waals surface area contributed by atoms with Gasteiger partial charge < -0.3 is 20.2 Å². The van der Waals surface area contributed by atoms with Crippen LogP contribution in [0.1, 0.15) is 35.7 Å². The molecule has 7 nitrogen and oxygen atoms in total. The average Bonchev–Trinajstić information content (AvgIpc) is 2.88. The van der Waals surface area contributed by atoms with E-state index in [2.05, 4.69) is 5.16 Å². The predicted octanol–water partition coefficient (Wildman–Crippen LogP) is 2.99. The molecule has 2 aromatic rings. The maximum absolute atomic E-state index is 13.1. The molecule has 0 aromatic heterocycles. The van der Waals surface area contributed by atoms with Crippen molar-refractivity contribution in [1.82, 2.24) is 0 Å². The largest absolute Gasteiger partial charge is 0.463 e. The van der Waals surface area contributed by atoms with E-state index in [0.717, 1.165) is 17.7 Å². The lowest BCUT2D eigenvalue weighted by atomic mass is 10.1. The van der Waals surface area contributed by atoms with E-state index in [0.29, 0.717) is 36.5 Å². The number of nitrogens with two attached hydrogens (primary N) is 1. The quantitative estimate of drug-likeness (QED) is 0.488. The third-order valence-electron chi connectivity index (χ3n) is 4.37. The van der Waals surface area contributed by atoms with E-state index in [4.69, 9.17) is 15.3 Å². The number of hydrogen-bond acceptors (Lipinski definition) is 6. The number of anilines is 2. The minimum absolute atomic E-state index is 0.0962. The first-order chi connectivity index (χ1) is 13.6. The molecule has 1 amide bonds. The maximum atomic E-state index is 13.1. The molecular formula is C21H23N3O4. The number of nitrogen functional groups attached to an aromatic ring is 1. The van der Waals surface area contributed by atoms with Gasteiger partial charge >= 0.3 is 5.97 Å². The molecule has 0 spiro atoms. The van der Waals surface area contributed by atoms with Crippen LogP contribution in [0.2, 0.25) is 0 Å². The fourth-order valence-electron chi connectivity index (χ4n) is 3.07. The van der Waals surface area contributed by atoms with Crippen LogP contribution in [0.4, 0.5) is 11.4 Å². The van der Waals surface area contributed by atoms with Gasteiger partial charge in [-0.15, -0.1) is 0 Å². The first kappa shape index (κ1) is 19.4. The van der Waals surface area contributed by atoms with E-state index in [1.807, 2.05) is 24.3 Å². The van der Waals surface area contributed by atoms with Gasteiger partial charge in [0.15, 0.2) is 0 Å². The van der Waals surface area contributed by atoms with E-state index < -0.39 is 5.97 Å². The number of fused-ring (bicyclic) bond motifs is 1. The Morgan fingerprint density at radius 1 is 1.14 bits per heavy atom. The third kappa shape index (κ3) is 4.49. The Kier molecular flexibility index (Phi) is 6.26. The van der Waals surface area contributed by atoms with Gasteiger partial charge in [-0.1, -0.05) is 23.4 Å². The highest BCUT2D eigenvalue weighted by Crippen LogP contribution is 2.28. The van der Waals surface area contributed by atoms with Crippen molar-refractivity contribution in [2.75, 3.05) is 30.4 Å². The number of para-hydroxylation sites is 1. The molecular weight excluding hydrogens is 358 g/mol. The highest BCUT2D eigenvalue weighted by Gasteiger charge is 2.25. The van der Waals surface area contributed by atoms with Gasteiger partial charge in [-0.2, -0.15) is 0 Å². The summed E-state index contributed by atoms with van der Waals surface area (Å²) >= 11 is 0. The van der Waals surface area contributed by atoms with Gasteiger partial charge in [-0.05, 0) is 50.1 Å². The minimum atomic E-state index is -0.464. The highest BCUT2D eigenvalue weighted by atomic mass is 16.7. The van der Waals surface area contributed by atoms with Crippen LogP contribution in [0, 0.1) is 0 Å². The Hall–Kier alpha value is -3.35. The van der Waals surface area contributed by atoms with Crippen LogP contribution >= 0.6 is 0 Å². The molecule has 0 radical (unpaired) electrons. The zero-order chi connectivity index (χ0) is 19.9. The summed E-state index contributed by atoms with van der Waals surface area (Å²) in [5.74, 6) is -0.560. The second-order valence-corrected chi connectivity index (χ2v) is 6.32. The second-order valence-electron chi connectivity index (χ2n) is 6.32. The number of ether oxygens (including phenoxy) is 1. The Morgan fingerprint density at radius 2 is 1.89 bits per heavy atom. The number of carbonyl (C=O) groups is 2. The van der Waals surface area contributed by atoms with E-state index in [-0.39, 0.29) is 12.5 Å². The number of hydrogen-bond donors (Lipinski definition) is 1. The Bertz CT molecular complexity index is 877. The second kappa shape index (κ2) is 9.03. The SMILES string of the molecule is CCOC(=O)CO/N=C1/CCCN(C(=O)c2ccc(N)cc2)c2ccccc21. The lowest BCUT2D eigenvalue weighted by molar-refractivity contribution is -0.148. The normalized spacial score (nSPS) is 14.9. The van der Waals surface area contributed by atoms with Gasteiger partial charge in [-0.3, -0.25) is 4.79 Å². The van der Waals surface area contributed by atoms with Crippen LogP contribution in [-0.4, -0.2) is 37.3 Å². The lowest BCUT2D eigenvalue weighted by Gasteiger charge is -2.22. The Labute approximate surface area is 163 Å². The molecule has 0 atom stereocenters. The molecule has 0 saturated carbocycles. The van der Waals surface area contributed by atoms with Crippen LogP contribution in [0.25, 0.3) is 0 Å². The van der Waals surface area contributed by atoms with Crippen LogP contribution in [0.15, 0.2) is 53.7 Å². The van der Waals surface area contributed by atoms with Crippen molar-refractivity contribution in [2.45, 2.75) is 19.8 Å². The molecule has 2 N–H and O–H groups in total. The molecule has 0 unspecified atom stereocenters. The Morgan fingerprint density at radius 3 is 2.64 bits per heavy atom. The van der Waals surface area contributed by atoms with Gasteiger partial charge in [0.1, 0.15) is 0 Å². The highest BCUT2D eigenvalue weighted by molar-refractivity contribution is 6.13. The van der Waals surface area contributed by atoms with E-state index in [9.17, 15) is 9.59 Å². The van der Waals surface area contributed by atoms with Crippen LogP contribution in [0.3, 0.4) is 0 Å². The molecule has 0 fully saturated rings. The first-order valence-corrected chi connectivity index (χ1v) is 9.21. The van der Waals surface area contributed by atoms with Crippen molar-refractivity contribution in [3.63, 3.8) is 0 Å². The molecule has 7 heteroatoms. The number of oxime groups is 1. The molecule has 0 saturated heterocycles. The standard InChI is InChI=1S/C21H23N3O4/c1-2-27-20(25)14-28-23-18-7-5-13-24(19-8-4-3-6-17(18)19)21(26)15-9-11-16(22)12-10-15/h3-4,6,8-12H,2,5,7,13-14,22H2,1H3/b23-18-. The summed E-state index contributed by atoms with van der Waals surface area (Å²) in [6, 6.07) is 14.4. The van der Waals surface area contributed by atoms with Gasteiger partial charge in [-0.25, -0.2) is 4.79 Å². The Balaban J connectivity index is 1.85. The van der Waals surface area contributed by atoms with Crippen LogP contribution in [0.5, 0.6) is 0 Å². The smallest absolute Gasteiger partial charge is 0.347 e. The molecule has 146 valence electrons. The predicted molar refractivity (Wildman–Crippen MR) is 107 cm³/mol. The monoisotopic (exact) mass is 381 g/mol. The van der Waals surface area contributed by atoms with E-state index in [1.54, 1.807) is 36.1 Å².